The third-order valence-corrected chi connectivity index (χ3v) is 3.23. The molecule has 2 rings (SSSR count). The molecule has 0 aromatic heterocycles. The molecule has 0 bridgehead atoms. The molecule has 2 aliphatic heterocycles. The predicted molar refractivity (Wildman–Crippen MR) is 71.8 cm³/mol. The molecular weight excluding hydrogens is 247 g/mol. The number of piperidine rings is 1. The summed E-state index contributed by atoms with van der Waals surface area (Å²) in [6.45, 7) is 2.79. The normalized spacial score (nSPS) is 25.1. The van der Waals surface area contributed by atoms with E-state index >= 15 is 0 Å². The van der Waals surface area contributed by atoms with Gasteiger partial charge in [-0.25, -0.2) is 0 Å². The SMILES string of the molecule is C1CCC2CCCCN2CC1.NC(=S)[S-].[Na+]. The number of thiocarbonyl (C=S) groups is 1. The Morgan fingerprint density at radius 3 is 2.06 bits per heavy atom. The van der Waals surface area contributed by atoms with Crippen LogP contribution in [0.1, 0.15) is 44.9 Å². The van der Waals surface area contributed by atoms with Gasteiger partial charge in [0.25, 0.3) is 0 Å². The van der Waals surface area contributed by atoms with Crippen molar-refractivity contribution in [2.75, 3.05) is 13.1 Å². The second-order valence-electron chi connectivity index (χ2n) is 4.35. The van der Waals surface area contributed by atoms with Crippen molar-refractivity contribution in [2.24, 2.45) is 5.73 Å². The van der Waals surface area contributed by atoms with Gasteiger partial charge in [-0.3, -0.25) is 0 Å². The van der Waals surface area contributed by atoms with E-state index in [0.29, 0.717) is 0 Å². The molecule has 2 fully saturated rings. The molecule has 2 saturated heterocycles. The van der Waals surface area contributed by atoms with Crippen LogP contribution < -0.4 is 35.3 Å². The summed E-state index contributed by atoms with van der Waals surface area (Å²) in [5.41, 5.74) is 4.66. The summed E-state index contributed by atoms with van der Waals surface area (Å²) in [4.78, 5) is 2.73. The number of hydrogen-bond donors (Lipinski definition) is 1. The summed E-state index contributed by atoms with van der Waals surface area (Å²) in [7, 11) is 0. The summed E-state index contributed by atoms with van der Waals surface area (Å²) in [6, 6.07) is 0.978. The standard InChI is InChI=1S/C10H19N.CH3NS2.Na/c1-2-6-10-7-3-5-9-11(10)8-4-1;2-1(3)4;/h10H,1-9H2;(H3,2,3,4);/q;;+1/p-1. The number of hydrogen-bond acceptors (Lipinski definition) is 3. The van der Waals surface area contributed by atoms with Gasteiger partial charge in [-0.15, -0.1) is 0 Å². The summed E-state index contributed by atoms with van der Waals surface area (Å²) >= 11 is 8.26. The van der Waals surface area contributed by atoms with E-state index in [0.717, 1.165) is 6.04 Å². The van der Waals surface area contributed by atoms with Gasteiger partial charge in [0.2, 0.25) is 0 Å². The molecule has 2 N–H and O–H groups in total. The smallest absolute Gasteiger partial charge is 0.415 e. The Kier molecular flexibility index (Phi) is 10.7. The van der Waals surface area contributed by atoms with E-state index < -0.39 is 0 Å². The molecule has 0 aliphatic carbocycles. The maximum atomic E-state index is 4.66. The second kappa shape index (κ2) is 10.0. The molecule has 0 aromatic carbocycles. The van der Waals surface area contributed by atoms with Gasteiger partial charge in [0.15, 0.2) is 0 Å². The van der Waals surface area contributed by atoms with Crippen molar-refractivity contribution in [1.29, 1.82) is 0 Å². The Labute approximate surface area is 132 Å². The predicted octanol–water partition coefficient (Wildman–Crippen LogP) is -0.804. The molecule has 2 nitrogen and oxygen atoms in total. The first-order valence-electron chi connectivity index (χ1n) is 5.90. The Bertz CT molecular complexity index is 184. The van der Waals surface area contributed by atoms with Crippen molar-refractivity contribution >= 4 is 29.2 Å². The minimum atomic E-state index is 0. The van der Waals surface area contributed by atoms with E-state index in [9.17, 15) is 0 Å². The summed E-state index contributed by atoms with van der Waals surface area (Å²) in [5.74, 6) is 0. The van der Waals surface area contributed by atoms with Gasteiger partial charge in [-0.05, 0) is 38.8 Å². The first-order valence-corrected chi connectivity index (χ1v) is 6.72. The van der Waals surface area contributed by atoms with E-state index in [1.165, 1.54) is 58.0 Å². The van der Waals surface area contributed by atoms with Gasteiger partial charge in [0.05, 0.1) is 0 Å². The molecule has 0 aromatic rings. The van der Waals surface area contributed by atoms with Crippen LogP contribution in [0, 0.1) is 0 Å². The maximum Gasteiger partial charge on any atom is 1.00 e. The van der Waals surface area contributed by atoms with E-state index in [1.54, 1.807) is 0 Å². The Balaban J connectivity index is 0.000000397. The van der Waals surface area contributed by atoms with Gasteiger partial charge in [0, 0.05) is 6.04 Å². The van der Waals surface area contributed by atoms with Crippen LogP contribution >= 0.6 is 12.2 Å². The fourth-order valence-corrected chi connectivity index (χ4v) is 2.55. The van der Waals surface area contributed by atoms with Crippen LogP contribution in [0.15, 0.2) is 0 Å². The zero-order valence-electron chi connectivity index (χ0n) is 10.3. The molecule has 1 unspecified atom stereocenters. The van der Waals surface area contributed by atoms with Crippen LogP contribution in [-0.2, 0) is 12.6 Å². The van der Waals surface area contributed by atoms with Crippen LogP contribution in [0.5, 0.6) is 0 Å². The third kappa shape index (κ3) is 7.41. The molecular formula is C11H21N2NaS2. The minimum Gasteiger partial charge on any atom is -0.415 e. The second-order valence-corrected chi connectivity index (χ2v) is 5.49. The van der Waals surface area contributed by atoms with Gasteiger partial charge in [-0.2, -0.15) is 0 Å². The van der Waals surface area contributed by atoms with Crippen LogP contribution in [-0.4, -0.2) is 28.4 Å². The van der Waals surface area contributed by atoms with Crippen molar-refractivity contribution in [3.8, 4) is 0 Å². The van der Waals surface area contributed by atoms with E-state index in [4.69, 9.17) is 0 Å². The number of nitrogens with two attached hydrogens (primary N) is 1. The molecule has 0 saturated carbocycles. The molecule has 16 heavy (non-hydrogen) atoms. The van der Waals surface area contributed by atoms with Crippen LogP contribution in [0.25, 0.3) is 0 Å². The fraction of sp³-hybridized carbons (Fsp3) is 0.909. The van der Waals surface area contributed by atoms with E-state index in [2.05, 4.69) is 35.5 Å². The monoisotopic (exact) mass is 268 g/mol. The molecule has 2 heterocycles. The molecule has 0 spiro atoms. The molecule has 0 radical (unpaired) electrons. The third-order valence-electron chi connectivity index (χ3n) is 3.23. The van der Waals surface area contributed by atoms with Crippen molar-refractivity contribution in [3.63, 3.8) is 0 Å². The van der Waals surface area contributed by atoms with Gasteiger partial charge < -0.3 is 35.5 Å². The molecule has 5 heteroatoms. The molecule has 0 amide bonds. The Morgan fingerprint density at radius 2 is 1.50 bits per heavy atom. The Morgan fingerprint density at radius 1 is 1.06 bits per heavy atom. The van der Waals surface area contributed by atoms with E-state index in [-0.39, 0.29) is 33.9 Å². The maximum absolute atomic E-state index is 4.66. The van der Waals surface area contributed by atoms with Crippen LogP contribution in [0.2, 0.25) is 0 Å². The average molecular weight is 268 g/mol. The van der Waals surface area contributed by atoms with Crippen LogP contribution in [0.3, 0.4) is 0 Å². The van der Waals surface area contributed by atoms with Gasteiger partial charge in [-0.1, -0.05) is 23.6 Å². The van der Waals surface area contributed by atoms with E-state index in [1.807, 2.05) is 0 Å². The summed E-state index contributed by atoms with van der Waals surface area (Å²) < 4.78 is 0.0833. The van der Waals surface area contributed by atoms with Crippen molar-refractivity contribution in [2.45, 2.75) is 51.0 Å². The van der Waals surface area contributed by atoms with Gasteiger partial charge in [0.1, 0.15) is 0 Å². The first kappa shape index (κ1) is 17.1. The van der Waals surface area contributed by atoms with Gasteiger partial charge >= 0.3 is 29.6 Å². The van der Waals surface area contributed by atoms with Crippen LogP contribution in [0.4, 0.5) is 0 Å². The van der Waals surface area contributed by atoms with Crippen molar-refractivity contribution in [3.05, 3.63) is 0 Å². The first-order chi connectivity index (χ1) is 7.20. The largest absolute Gasteiger partial charge is 1.00 e. The summed E-state index contributed by atoms with van der Waals surface area (Å²) in [6.07, 6.45) is 10.3. The fourth-order valence-electron chi connectivity index (χ4n) is 2.55. The molecule has 2 aliphatic rings. The Hall–Kier alpha value is 1.07. The number of nitrogens with zero attached hydrogens (tertiary/aromatic N) is 1. The zero-order valence-corrected chi connectivity index (χ0v) is 13.9. The topological polar surface area (TPSA) is 29.3 Å². The molecule has 1 atom stereocenters. The number of fused-ring (bicyclic) bond motifs is 1. The quantitative estimate of drug-likeness (QED) is 0.354. The van der Waals surface area contributed by atoms with Crippen molar-refractivity contribution < 1.29 is 29.6 Å². The van der Waals surface area contributed by atoms with Crippen molar-refractivity contribution in [1.82, 2.24) is 4.90 Å². The zero-order chi connectivity index (χ0) is 11.1. The molecule has 88 valence electrons. The minimum absolute atomic E-state index is 0. The summed E-state index contributed by atoms with van der Waals surface area (Å²) in [5, 5.41) is 0. The number of rotatable bonds is 0. The average Bonchev–Trinajstić information content (AvgIpc) is 2.41.